The molecule has 0 nitrogen and oxygen atoms in total. The van der Waals surface area contributed by atoms with Crippen molar-refractivity contribution in [3.63, 3.8) is 0 Å². The molecule has 1 aromatic carbocycles. The Bertz CT molecular complexity index is 287. The van der Waals surface area contributed by atoms with Gasteiger partial charge in [0.2, 0.25) is 0 Å². The Hall–Kier alpha value is -0.850. The number of benzene rings is 1. The molecular formula is C13H17F. The molecule has 0 atom stereocenters. The van der Waals surface area contributed by atoms with Crippen molar-refractivity contribution in [3.8, 4) is 0 Å². The maximum atomic E-state index is 12.9. The smallest absolute Gasteiger partial charge is 0.123 e. The molecule has 0 radical (unpaired) electrons. The van der Waals surface area contributed by atoms with Crippen molar-refractivity contribution in [2.45, 2.75) is 38.5 Å². The van der Waals surface area contributed by atoms with E-state index in [0.29, 0.717) is 0 Å². The molecule has 1 aromatic rings. The van der Waals surface area contributed by atoms with Gasteiger partial charge in [-0.15, -0.1) is 0 Å². The molecule has 1 aliphatic rings. The third kappa shape index (κ3) is 2.57. The Morgan fingerprint density at radius 3 is 2.64 bits per heavy atom. The van der Waals surface area contributed by atoms with Crippen molar-refractivity contribution in [3.05, 3.63) is 35.6 Å². The average Bonchev–Trinajstić information content (AvgIpc) is 2.19. The summed E-state index contributed by atoms with van der Waals surface area (Å²) in [6.45, 7) is 0. The minimum atomic E-state index is -0.0988. The molecule has 14 heavy (non-hydrogen) atoms. The van der Waals surface area contributed by atoms with Crippen LogP contribution in [0.25, 0.3) is 0 Å². The third-order valence-corrected chi connectivity index (χ3v) is 3.14. The summed E-state index contributed by atoms with van der Waals surface area (Å²) in [4.78, 5) is 0. The summed E-state index contributed by atoms with van der Waals surface area (Å²) in [7, 11) is 0. The van der Waals surface area contributed by atoms with Gasteiger partial charge in [0.05, 0.1) is 0 Å². The van der Waals surface area contributed by atoms with E-state index in [0.717, 1.165) is 17.9 Å². The highest BCUT2D eigenvalue weighted by molar-refractivity contribution is 5.16. The van der Waals surface area contributed by atoms with Crippen molar-refractivity contribution < 1.29 is 4.39 Å². The Balaban J connectivity index is 1.95. The molecule has 0 saturated heterocycles. The molecular weight excluding hydrogens is 175 g/mol. The largest absolute Gasteiger partial charge is 0.207 e. The highest BCUT2D eigenvalue weighted by Crippen LogP contribution is 2.26. The van der Waals surface area contributed by atoms with Crippen LogP contribution in [0.4, 0.5) is 4.39 Å². The van der Waals surface area contributed by atoms with Crippen molar-refractivity contribution in [2.75, 3.05) is 0 Å². The first-order valence-electron chi connectivity index (χ1n) is 5.59. The lowest BCUT2D eigenvalue weighted by Crippen LogP contribution is -2.09. The van der Waals surface area contributed by atoms with Crippen LogP contribution in [0.3, 0.4) is 0 Å². The molecule has 0 aromatic heterocycles. The molecule has 0 bridgehead atoms. The van der Waals surface area contributed by atoms with Gasteiger partial charge in [-0.25, -0.2) is 4.39 Å². The van der Waals surface area contributed by atoms with Gasteiger partial charge in [0, 0.05) is 0 Å². The first kappa shape index (κ1) is 9.70. The van der Waals surface area contributed by atoms with E-state index in [4.69, 9.17) is 0 Å². The van der Waals surface area contributed by atoms with E-state index >= 15 is 0 Å². The van der Waals surface area contributed by atoms with Crippen LogP contribution in [-0.4, -0.2) is 0 Å². The molecule has 0 heterocycles. The molecule has 76 valence electrons. The summed E-state index contributed by atoms with van der Waals surface area (Å²) in [5.74, 6) is 0.698. The summed E-state index contributed by atoms with van der Waals surface area (Å²) >= 11 is 0. The summed E-state index contributed by atoms with van der Waals surface area (Å²) in [6, 6.07) is 7.05. The van der Waals surface area contributed by atoms with Gasteiger partial charge >= 0.3 is 0 Å². The first-order chi connectivity index (χ1) is 6.84. The van der Waals surface area contributed by atoms with Crippen LogP contribution in [-0.2, 0) is 6.42 Å². The fourth-order valence-electron chi connectivity index (χ4n) is 2.39. The van der Waals surface area contributed by atoms with Gasteiger partial charge in [-0.3, -0.25) is 0 Å². The summed E-state index contributed by atoms with van der Waals surface area (Å²) < 4.78 is 12.9. The first-order valence-corrected chi connectivity index (χ1v) is 5.59. The van der Waals surface area contributed by atoms with Crippen LogP contribution < -0.4 is 0 Å². The van der Waals surface area contributed by atoms with E-state index in [1.165, 1.54) is 38.2 Å². The zero-order valence-electron chi connectivity index (χ0n) is 8.51. The second-order valence-electron chi connectivity index (χ2n) is 4.34. The molecule has 0 spiro atoms. The van der Waals surface area contributed by atoms with Gasteiger partial charge in [0.25, 0.3) is 0 Å². The fraction of sp³-hybridized carbons (Fsp3) is 0.538. The zero-order chi connectivity index (χ0) is 9.80. The van der Waals surface area contributed by atoms with E-state index in [-0.39, 0.29) is 5.82 Å². The van der Waals surface area contributed by atoms with E-state index in [1.807, 2.05) is 12.1 Å². The van der Waals surface area contributed by atoms with Gasteiger partial charge in [-0.05, 0) is 30.0 Å². The van der Waals surface area contributed by atoms with Crippen LogP contribution in [0, 0.1) is 11.7 Å². The minimum absolute atomic E-state index is 0.0988. The minimum Gasteiger partial charge on any atom is -0.207 e. The van der Waals surface area contributed by atoms with Gasteiger partial charge < -0.3 is 0 Å². The highest BCUT2D eigenvalue weighted by atomic mass is 19.1. The Morgan fingerprint density at radius 1 is 1.14 bits per heavy atom. The van der Waals surface area contributed by atoms with Gasteiger partial charge in [-0.1, -0.05) is 44.2 Å². The Morgan fingerprint density at radius 2 is 1.93 bits per heavy atom. The van der Waals surface area contributed by atoms with Crippen molar-refractivity contribution in [1.82, 2.24) is 0 Å². The van der Waals surface area contributed by atoms with Crippen LogP contribution in [0.1, 0.15) is 37.7 Å². The third-order valence-electron chi connectivity index (χ3n) is 3.14. The number of hydrogen-bond donors (Lipinski definition) is 0. The second-order valence-corrected chi connectivity index (χ2v) is 4.34. The fourth-order valence-corrected chi connectivity index (χ4v) is 2.39. The van der Waals surface area contributed by atoms with Crippen LogP contribution in [0.5, 0.6) is 0 Å². The standard InChI is InChI=1S/C13H17F/c14-13-8-4-7-12(10-13)9-11-5-2-1-3-6-11/h4,7-8,10-11H,1-3,5-6,9H2. The molecule has 1 heteroatoms. The number of halogens is 1. The summed E-state index contributed by atoms with van der Waals surface area (Å²) in [6.07, 6.45) is 7.84. The molecule has 2 rings (SSSR count). The normalized spacial score (nSPS) is 18.4. The molecule has 1 fully saturated rings. The number of rotatable bonds is 2. The van der Waals surface area contributed by atoms with E-state index in [1.54, 1.807) is 6.07 Å². The average molecular weight is 192 g/mol. The molecule has 1 saturated carbocycles. The lowest BCUT2D eigenvalue weighted by molar-refractivity contribution is 0.356. The van der Waals surface area contributed by atoms with Crippen molar-refractivity contribution >= 4 is 0 Å². The lowest BCUT2D eigenvalue weighted by Gasteiger charge is -2.21. The molecule has 0 aliphatic heterocycles. The van der Waals surface area contributed by atoms with Crippen LogP contribution in [0.2, 0.25) is 0 Å². The van der Waals surface area contributed by atoms with E-state index in [2.05, 4.69) is 0 Å². The lowest BCUT2D eigenvalue weighted by atomic mass is 9.85. The topological polar surface area (TPSA) is 0 Å². The Labute approximate surface area is 85.1 Å². The highest BCUT2D eigenvalue weighted by Gasteiger charge is 2.13. The van der Waals surface area contributed by atoms with Crippen molar-refractivity contribution in [2.24, 2.45) is 5.92 Å². The molecule has 0 amide bonds. The van der Waals surface area contributed by atoms with E-state index < -0.39 is 0 Å². The zero-order valence-corrected chi connectivity index (χ0v) is 8.51. The summed E-state index contributed by atoms with van der Waals surface area (Å²) in [5.41, 5.74) is 1.16. The van der Waals surface area contributed by atoms with E-state index in [9.17, 15) is 4.39 Å². The number of hydrogen-bond acceptors (Lipinski definition) is 0. The maximum absolute atomic E-state index is 12.9. The monoisotopic (exact) mass is 192 g/mol. The van der Waals surface area contributed by atoms with Crippen molar-refractivity contribution in [1.29, 1.82) is 0 Å². The maximum Gasteiger partial charge on any atom is 0.123 e. The molecule has 0 N–H and O–H groups in total. The predicted octanol–water partition coefficient (Wildman–Crippen LogP) is 3.95. The second kappa shape index (κ2) is 4.59. The van der Waals surface area contributed by atoms with Crippen LogP contribution in [0.15, 0.2) is 24.3 Å². The summed E-state index contributed by atoms with van der Waals surface area (Å²) in [5, 5.41) is 0. The van der Waals surface area contributed by atoms with Gasteiger partial charge in [0.1, 0.15) is 5.82 Å². The SMILES string of the molecule is Fc1cccc(CC2CCCCC2)c1. The van der Waals surface area contributed by atoms with Gasteiger partial charge in [0.15, 0.2) is 0 Å². The molecule has 1 aliphatic carbocycles. The van der Waals surface area contributed by atoms with Crippen LogP contribution >= 0.6 is 0 Å². The predicted molar refractivity (Wildman–Crippen MR) is 56.7 cm³/mol. The Kier molecular flexibility index (Phi) is 3.18. The van der Waals surface area contributed by atoms with Gasteiger partial charge in [-0.2, -0.15) is 0 Å². The molecule has 0 unspecified atom stereocenters. The quantitative estimate of drug-likeness (QED) is 0.665.